The van der Waals surface area contributed by atoms with E-state index in [9.17, 15) is 24.3 Å². The largest absolute Gasteiger partial charge is 0.480 e. The Morgan fingerprint density at radius 2 is 1.22 bits per heavy atom. The number of nitrogens with one attached hydrogen (secondary N) is 4. The number of hydrogen-bond donors (Lipinski definition) is 5. The third kappa shape index (κ3) is 9.97. The highest BCUT2D eigenvalue weighted by Gasteiger charge is 2.32. The van der Waals surface area contributed by atoms with Crippen LogP contribution >= 0.6 is 0 Å². The van der Waals surface area contributed by atoms with Gasteiger partial charge in [0.05, 0.1) is 6.04 Å². The molecular weight excluding hydrogens is 412 g/mol. The third-order valence-corrected chi connectivity index (χ3v) is 5.38. The fourth-order valence-corrected chi connectivity index (χ4v) is 3.82. The average molecular weight is 455 g/mol. The molecule has 3 amide bonds. The molecule has 184 valence electrons. The van der Waals surface area contributed by atoms with Gasteiger partial charge in [0, 0.05) is 0 Å². The summed E-state index contributed by atoms with van der Waals surface area (Å²) in [6.07, 6.45) is 2.73. The van der Waals surface area contributed by atoms with Crippen LogP contribution in [-0.4, -0.2) is 59.5 Å². The van der Waals surface area contributed by atoms with Crippen LogP contribution in [0.3, 0.4) is 0 Å². The summed E-state index contributed by atoms with van der Waals surface area (Å²) in [7, 11) is 0. The van der Waals surface area contributed by atoms with Gasteiger partial charge in [-0.15, -0.1) is 0 Å². The molecule has 0 aliphatic carbocycles. The maximum atomic E-state index is 13.1. The molecule has 0 bridgehead atoms. The highest BCUT2D eigenvalue weighted by atomic mass is 16.4. The lowest BCUT2D eigenvalue weighted by Crippen LogP contribution is -2.57. The number of aliphatic carboxylic acids is 1. The van der Waals surface area contributed by atoms with E-state index in [-0.39, 0.29) is 29.7 Å². The first-order chi connectivity index (χ1) is 14.9. The minimum atomic E-state index is -1.10. The van der Waals surface area contributed by atoms with E-state index in [0.29, 0.717) is 19.3 Å². The van der Waals surface area contributed by atoms with E-state index in [0.717, 1.165) is 19.4 Å². The number of carbonyl (C=O) groups is 4. The molecule has 0 spiro atoms. The van der Waals surface area contributed by atoms with Gasteiger partial charge in [0.2, 0.25) is 17.7 Å². The Balaban J connectivity index is 2.91. The van der Waals surface area contributed by atoms with E-state index >= 15 is 0 Å². The molecular formula is C23H42N4O5. The summed E-state index contributed by atoms with van der Waals surface area (Å²) in [6, 6.07) is -2.97. The molecule has 4 unspecified atom stereocenters. The third-order valence-electron chi connectivity index (χ3n) is 5.38. The van der Waals surface area contributed by atoms with Crippen molar-refractivity contribution in [2.24, 2.45) is 17.8 Å². The van der Waals surface area contributed by atoms with Crippen LogP contribution in [0.15, 0.2) is 0 Å². The van der Waals surface area contributed by atoms with Crippen LogP contribution < -0.4 is 21.3 Å². The van der Waals surface area contributed by atoms with E-state index in [2.05, 4.69) is 21.3 Å². The lowest BCUT2D eigenvalue weighted by Gasteiger charge is -2.27. The molecule has 1 aliphatic rings. The summed E-state index contributed by atoms with van der Waals surface area (Å²) >= 11 is 0. The number of amides is 3. The molecule has 1 fully saturated rings. The summed E-state index contributed by atoms with van der Waals surface area (Å²) in [4.78, 5) is 50.1. The molecule has 32 heavy (non-hydrogen) atoms. The molecule has 0 aromatic rings. The number of carbonyl (C=O) groups excluding carboxylic acids is 3. The Morgan fingerprint density at radius 3 is 1.62 bits per heavy atom. The molecule has 1 rings (SSSR count). The van der Waals surface area contributed by atoms with Crippen molar-refractivity contribution in [3.8, 4) is 0 Å². The SMILES string of the molecule is CC(C)CC(NC(=O)C(CC(C)C)NC(=O)C(CC(C)C)NC(=O)C1CCCN1)C(=O)O. The van der Waals surface area contributed by atoms with Crippen LogP contribution in [0.2, 0.25) is 0 Å². The average Bonchev–Trinajstić information content (AvgIpc) is 3.20. The van der Waals surface area contributed by atoms with Crippen LogP contribution in [0.5, 0.6) is 0 Å². The van der Waals surface area contributed by atoms with Crippen molar-refractivity contribution in [2.75, 3.05) is 6.54 Å². The molecule has 9 heteroatoms. The highest BCUT2D eigenvalue weighted by molar-refractivity contribution is 5.94. The Bertz CT molecular complexity index is 644. The van der Waals surface area contributed by atoms with Crippen LogP contribution in [0.25, 0.3) is 0 Å². The summed E-state index contributed by atoms with van der Waals surface area (Å²) in [5, 5.41) is 20.7. The van der Waals surface area contributed by atoms with Crippen molar-refractivity contribution >= 4 is 23.7 Å². The number of carboxylic acids is 1. The molecule has 4 atom stereocenters. The molecule has 1 aliphatic heterocycles. The van der Waals surface area contributed by atoms with Gasteiger partial charge in [-0.3, -0.25) is 14.4 Å². The predicted molar refractivity (Wildman–Crippen MR) is 123 cm³/mol. The van der Waals surface area contributed by atoms with Gasteiger partial charge < -0.3 is 26.4 Å². The van der Waals surface area contributed by atoms with Crippen molar-refractivity contribution in [1.82, 2.24) is 21.3 Å². The van der Waals surface area contributed by atoms with Gasteiger partial charge in [-0.25, -0.2) is 4.79 Å². The normalized spacial score (nSPS) is 19.0. The molecule has 0 radical (unpaired) electrons. The lowest BCUT2D eigenvalue weighted by molar-refractivity contribution is -0.143. The van der Waals surface area contributed by atoms with Gasteiger partial charge in [0.1, 0.15) is 18.1 Å². The topological polar surface area (TPSA) is 137 Å². The zero-order valence-electron chi connectivity index (χ0n) is 20.4. The van der Waals surface area contributed by atoms with E-state index < -0.39 is 35.9 Å². The quantitative estimate of drug-likeness (QED) is 0.285. The molecule has 0 aromatic carbocycles. The zero-order chi connectivity index (χ0) is 24.4. The second-order valence-electron chi connectivity index (χ2n) is 10.1. The smallest absolute Gasteiger partial charge is 0.326 e. The minimum absolute atomic E-state index is 0.0874. The van der Waals surface area contributed by atoms with Crippen LogP contribution in [0, 0.1) is 17.8 Å². The first-order valence-corrected chi connectivity index (χ1v) is 11.8. The fraction of sp³-hybridized carbons (Fsp3) is 0.826. The van der Waals surface area contributed by atoms with Crippen LogP contribution in [0.4, 0.5) is 0 Å². The molecule has 9 nitrogen and oxygen atoms in total. The van der Waals surface area contributed by atoms with Crippen molar-refractivity contribution in [3.05, 3.63) is 0 Å². The molecule has 1 saturated heterocycles. The standard InChI is InChI=1S/C23H42N4O5/c1-13(2)10-17(25-20(28)16-8-7-9-24-16)21(29)26-18(11-14(3)4)22(30)27-19(23(31)32)12-15(5)6/h13-19,24H,7-12H2,1-6H3,(H,25,28)(H,26,29)(H,27,30)(H,31,32). The maximum Gasteiger partial charge on any atom is 0.326 e. The van der Waals surface area contributed by atoms with E-state index in [1.165, 1.54) is 0 Å². The predicted octanol–water partition coefficient (Wildman–Crippen LogP) is 1.42. The summed E-state index contributed by atoms with van der Waals surface area (Å²) in [6.45, 7) is 12.3. The van der Waals surface area contributed by atoms with Crippen LogP contribution in [0.1, 0.15) is 73.6 Å². The van der Waals surface area contributed by atoms with Gasteiger partial charge in [-0.05, 0) is 56.4 Å². The van der Waals surface area contributed by atoms with Gasteiger partial charge in [-0.1, -0.05) is 41.5 Å². The van der Waals surface area contributed by atoms with Crippen molar-refractivity contribution < 1.29 is 24.3 Å². The molecule has 0 saturated carbocycles. The van der Waals surface area contributed by atoms with E-state index in [1.807, 2.05) is 41.5 Å². The van der Waals surface area contributed by atoms with Crippen molar-refractivity contribution in [3.63, 3.8) is 0 Å². The zero-order valence-corrected chi connectivity index (χ0v) is 20.4. The van der Waals surface area contributed by atoms with Crippen LogP contribution in [-0.2, 0) is 19.2 Å². The second-order valence-corrected chi connectivity index (χ2v) is 10.1. The summed E-state index contributed by atoms with van der Waals surface area (Å²) < 4.78 is 0. The second kappa shape index (κ2) is 13.4. The monoisotopic (exact) mass is 454 g/mol. The molecule has 1 heterocycles. The summed E-state index contributed by atoms with van der Waals surface area (Å²) in [5.41, 5.74) is 0. The van der Waals surface area contributed by atoms with Gasteiger partial charge >= 0.3 is 5.97 Å². The highest BCUT2D eigenvalue weighted by Crippen LogP contribution is 2.12. The van der Waals surface area contributed by atoms with Gasteiger partial charge in [0.25, 0.3) is 0 Å². The van der Waals surface area contributed by atoms with Crippen molar-refractivity contribution in [2.45, 2.75) is 97.8 Å². The minimum Gasteiger partial charge on any atom is -0.480 e. The number of hydrogen-bond acceptors (Lipinski definition) is 5. The lowest BCUT2D eigenvalue weighted by atomic mass is 9.99. The van der Waals surface area contributed by atoms with E-state index in [1.54, 1.807) is 0 Å². The van der Waals surface area contributed by atoms with Gasteiger partial charge in [0.15, 0.2) is 0 Å². The Morgan fingerprint density at radius 1 is 0.781 bits per heavy atom. The number of carboxylic acid groups (broad SMARTS) is 1. The Labute approximate surface area is 191 Å². The number of rotatable bonds is 13. The van der Waals surface area contributed by atoms with Crippen molar-refractivity contribution in [1.29, 1.82) is 0 Å². The fourth-order valence-electron chi connectivity index (χ4n) is 3.82. The summed E-state index contributed by atoms with van der Waals surface area (Å²) in [5.74, 6) is -1.92. The Hall–Kier alpha value is -2.16. The first kappa shape index (κ1) is 27.9. The van der Waals surface area contributed by atoms with E-state index in [4.69, 9.17) is 0 Å². The molecule has 0 aromatic heterocycles. The first-order valence-electron chi connectivity index (χ1n) is 11.8. The molecule has 5 N–H and O–H groups in total. The maximum absolute atomic E-state index is 13.1. The van der Waals surface area contributed by atoms with Gasteiger partial charge in [-0.2, -0.15) is 0 Å². The Kier molecular flexibility index (Phi) is 11.7.